The molecule has 0 saturated carbocycles. The Bertz CT molecular complexity index is 1450. The molecule has 1 aromatic carbocycles. The minimum atomic E-state index is -0.673. The van der Waals surface area contributed by atoms with E-state index in [9.17, 15) is 13.6 Å². The van der Waals surface area contributed by atoms with Crippen LogP contribution >= 0.6 is 11.6 Å². The number of anilines is 1. The zero-order valence-corrected chi connectivity index (χ0v) is 20.1. The third kappa shape index (κ3) is 5.00. The second-order valence-electron chi connectivity index (χ2n) is 8.61. The molecule has 0 amide bonds. The fourth-order valence-corrected chi connectivity index (χ4v) is 4.41. The normalized spacial score (nSPS) is 15.1. The molecule has 0 bridgehead atoms. The zero-order valence-electron chi connectivity index (χ0n) is 19.4. The largest absolute Gasteiger partial charge is 0.381 e. The molecule has 4 aromatic rings. The number of halogens is 3. The molecule has 5 rings (SSSR count). The van der Waals surface area contributed by atoms with Crippen LogP contribution in [0.2, 0.25) is 5.02 Å². The molecule has 1 aliphatic rings. The van der Waals surface area contributed by atoms with Crippen LogP contribution in [0.25, 0.3) is 11.3 Å². The smallest absolute Gasteiger partial charge is 0.252 e. The summed E-state index contributed by atoms with van der Waals surface area (Å²) in [4.78, 5) is 21.7. The highest BCUT2D eigenvalue weighted by Gasteiger charge is 2.22. The number of benzene rings is 1. The molecule has 36 heavy (non-hydrogen) atoms. The van der Waals surface area contributed by atoms with Crippen LogP contribution in [-0.4, -0.2) is 43.6 Å². The predicted molar refractivity (Wildman–Crippen MR) is 131 cm³/mol. The first kappa shape index (κ1) is 24.1. The SMILES string of the molecule is Cn1cc(C(c2ccc(Cl)c(F)c2)n2ccc(-c3nc(NC4CCOCC4)ncc3F)cc2=O)cn1. The molecule has 3 aromatic heterocycles. The summed E-state index contributed by atoms with van der Waals surface area (Å²) in [6, 6.07) is 6.75. The van der Waals surface area contributed by atoms with Crippen molar-refractivity contribution in [1.29, 1.82) is 0 Å². The molecule has 1 fully saturated rings. The van der Waals surface area contributed by atoms with Crippen molar-refractivity contribution in [2.75, 3.05) is 18.5 Å². The van der Waals surface area contributed by atoms with E-state index in [1.165, 1.54) is 29.0 Å². The van der Waals surface area contributed by atoms with E-state index >= 15 is 0 Å². The summed E-state index contributed by atoms with van der Waals surface area (Å²) in [6.45, 7) is 1.28. The van der Waals surface area contributed by atoms with Crippen LogP contribution < -0.4 is 10.9 Å². The van der Waals surface area contributed by atoms with Crippen LogP contribution in [0.5, 0.6) is 0 Å². The van der Waals surface area contributed by atoms with E-state index in [0.29, 0.717) is 29.9 Å². The standard InChI is InChI=1S/C25H23ClF2N6O2/c1-33-14-17(12-30-33)24(16-2-3-19(26)20(27)10-16)34-7-4-15(11-22(34)35)23-21(28)13-29-25(32-23)31-18-5-8-36-9-6-18/h2-4,7,10-14,18,24H,5-6,8-9H2,1H3,(H,29,31,32). The van der Waals surface area contributed by atoms with Crippen molar-refractivity contribution in [1.82, 2.24) is 24.3 Å². The van der Waals surface area contributed by atoms with Gasteiger partial charge in [-0.25, -0.2) is 18.7 Å². The van der Waals surface area contributed by atoms with Gasteiger partial charge in [-0.1, -0.05) is 17.7 Å². The molecule has 1 atom stereocenters. The van der Waals surface area contributed by atoms with E-state index in [0.717, 1.165) is 19.0 Å². The first-order valence-electron chi connectivity index (χ1n) is 11.4. The molecule has 0 radical (unpaired) electrons. The fourth-order valence-electron chi connectivity index (χ4n) is 4.29. The Labute approximate surface area is 210 Å². The lowest BCUT2D eigenvalue weighted by Crippen LogP contribution is -2.28. The van der Waals surface area contributed by atoms with Crippen LogP contribution in [-0.2, 0) is 11.8 Å². The van der Waals surface area contributed by atoms with E-state index in [1.807, 2.05) is 0 Å². The molecule has 1 aliphatic heterocycles. The Morgan fingerprint density at radius 1 is 1.11 bits per heavy atom. The van der Waals surface area contributed by atoms with Gasteiger partial charge in [0.2, 0.25) is 5.95 Å². The highest BCUT2D eigenvalue weighted by molar-refractivity contribution is 6.30. The number of rotatable bonds is 6. The zero-order chi connectivity index (χ0) is 25.2. The van der Waals surface area contributed by atoms with Gasteiger partial charge in [-0.15, -0.1) is 0 Å². The Kier molecular flexibility index (Phi) is 6.80. The van der Waals surface area contributed by atoms with Gasteiger partial charge in [-0.2, -0.15) is 5.10 Å². The van der Waals surface area contributed by atoms with Crippen LogP contribution in [0.1, 0.15) is 30.0 Å². The summed E-state index contributed by atoms with van der Waals surface area (Å²) in [5.74, 6) is -0.957. The lowest BCUT2D eigenvalue weighted by molar-refractivity contribution is 0.0903. The second-order valence-corrected chi connectivity index (χ2v) is 9.01. The molecule has 1 saturated heterocycles. The predicted octanol–water partition coefficient (Wildman–Crippen LogP) is 4.20. The van der Waals surface area contributed by atoms with E-state index in [1.54, 1.807) is 36.3 Å². The first-order valence-corrected chi connectivity index (χ1v) is 11.8. The van der Waals surface area contributed by atoms with E-state index in [2.05, 4.69) is 20.4 Å². The molecule has 1 unspecified atom stereocenters. The van der Waals surface area contributed by atoms with Crippen LogP contribution in [0.3, 0.4) is 0 Å². The number of nitrogens with zero attached hydrogens (tertiary/aromatic N) is 5. The summed E-state index contributed by atoms with van der Waals surface area (Å²) in [5, 5.41) is 7.38. The van der Waals surface area contributed by atoms with Crippen LogP contribution in [0, 0.1) is 11.6 Å². The van der Waals surface area contributed by atoms with Gasteiger partial charge in [0.15, 0.2) is 5.82 Å². The lowest BCUT2D eigenvalue weighted by Gasteiger charge is -2.23. The Balaban J connectivity index is 1.51. The van der Waals surface area contributed by atoms with Crippen molar-refractivity contribution in [3.8, 4) is 11.3 Å². The molecule has 0 aliphatic carbocycles. The first-order chi connectivity index (χ1) is 17.4. The number of hydrogen-bond donors (Lipinski definition) is 1. The Morgan fingerprint density at radius 3 is 2.61 bits per heavy atom. The topological polar surface area (TPSA) is 86.9 Å². The number of aryl methyl sites for hydroxylation is 1. The molecule has 4 heterocycles. The maximum absolute atomic E-state index is 14.7. The van der Waals surface area contributed by atoms with E-state index < -0.39 is 23.2 Å². The molecule has 11 heteroatoms. The monoisotopic (exact) mass is 512 g/mol. The number of hydrogen-bond acceptors (Lipinski definition) is 6. The fraction of sp³-hybridized carbons (Fsp3) is 0.280. The van der Waals surface area contributed by atoms with Crippen molar-refractivity contribution in [3.05, 3.63) is 93.3 Å². The van der Waals surface area contributed by atoms with Gasteiger partial charge >= 0.3 is 0 Å². The van der Waals surface area contributed by atoms with Crippen molar-refractivity contribution < 1.29 is 13.5 Å². The molecule has 186 valence electrons. The minimum absolute atomic E-state index is 0.0132. The van der Waals surface area contributed by atoms with Crippen molar-refractivity contribution in [2.45, 2.75) is 24.9 Å². The molecule has 1 N–H and O–H groups in total. The van der Waals surface area contributed by atoms with Gasteiger partial charge in [0.1, 0.15) is 11.5 Å². The average Bonchev–Trinajstić information content (AvgIpc) is 3.30. The second kappa shape index (κ2) is 10.2. The number of nitrogens with one attached hydrogen (secondary N) is 1. The summed E-state index contributed by atoms with van der Waals surface area (Å²) >= 11 is 5.87. The quantitative estimate of drug-likeness (QED) is 0.417. The van der Waals surface area contributed by atoms with Gasteiger partial charge in [0.05, 0.1) is 23.5 Å². The van der Waals surface area contributed by atoms with E-state index in [-0.39, 0.29) is 22.7 Å². The van der Waals surface area contributed by atoms with Gasteiger partial charge in [0.25, 0.3) is 5.56 Å². The van der Waals surface area contributed by atoms with Crippen molar-refractivity contribution in [2.24, 2.45) is 7.05 Å². The molecule has 0 spiro atoms. The minimum Gasteiger partial charge on any atom is -0.381 e. The van der Waals surface area contributed by atoms with Gasteiger partial charge in [-0.05, 0) is 36.6 Å². The Hall–Kier alpha value is -3.63. The molecule has 8 nitrogen and oxygen atoms in total. The summed E-state index contributed by atoms with van der Waals surface area (Å²) in [6.07, 6.45) is 7.57. The number of pyridine rings is 1. The summed E-state index contributed by atoms with van der Waals surface area (Å²) in [7, 11) is 1.75. The lowest BCUT2D eigenvalue weighted by atomic mass is 10.0. The van der Waals surface area contributed by atoms with Crippen molar-refractivity contribution in [3.63, 3.8) is 0 Å². The summed E-state index contributed by atoms with van der Waals surface area (Å²) < 4.78 is 37.4. The highest BCUT2D eigenvalue weighted by Crippen LogP contribution is 2.29. The molecular formula is C25H23ClF2N6O2. The summed E-state index contributed by atoms with van der Waals surface area (Å²) in [5.41, 5.74) is 1.08. The number of ether oxygens (including phenoxy) is 1. The Morgan fingerprint density at radius 2 is 1.92 bits per heavy atom. The van der Waals surface area contributed by atoms with Gasteiger partial charge in [0, 0.05) is 55.9 Å². The maximum Gasteiger partial charge on any atom is 0.252 e. The van der Waals surface area contributed by atoms with E-state index in [4.69, 9.17) is 16.3 Å². The van der Waals surface area contributed by atoms with Crippen LogP contribution in [0.15, 0.2) is 59.9 Å². The number of aromatic nitrogens is 5. The van der Waals surface area contributed by atoms with Gasteiger partial charge < -0.3 is 14.6 Å². The van der Waals surface area contributed by atoms with Crippen LogP contribution in [0.4, 0.5) is 14.7 Å². The van der Waals surface area contributed by atoms with Crippen molar-refractivity contribution >= 4 is 17.5 Å². The third-order valence-corrected chi connectivity index (χ3v) is 6.40. The molecular weight excluding hydrogens is 490 g/mol. The average molecular weight is 513 g/mol. The third-order valence-electron chi connectivity index (χ3n) is 6.10. The highest BCUT2D eigenvalue weighted by atomic mass is 35.5. The van der Waals surface area contributed by atoms with Gasteiger partial charge in [-0.3, -0.25) is 9.48 Å². The maximum atomic E-state index is 14.7.